The fraction of sp³-hybridized carbons (Fsp3) is 0.304. The molecule has 0 aliphatic rings. The lowest BCUT2D eigenvalue weighted by atomic mass is 9.87. The number of carbonyl (C=O) groups excluding carboxylic acids is 1. The zero-order chi connectivity index (χ0) is 19.8. The molecule has 0 fully saturated rings. The molecule has 0 saturated heterocycles. The molecule has 0 spiro atoms. The molecule has 0 atom stereocenters. The van der Waals surface area contributed by atoms with E-state index in [0.717, 1.165) is 15.8 Å². The molecule has 0 aliphatic carbocycles. The molecule has 27 heavy (non-hydrogen) atoms. The highest BCUT2D eigenvalue weighted by molar-refractivity contribution is 7.16. The van der Waals surface area contributed by atoms with Gasteiger partial charge in [-0.25, -0.2) is 0 Å². The number of amides is 1. The summed E-state index contributed by atoms with van der Waals surface area (Å²) in [5.74, 6) is 2.43. The molecule has 2 aromatic carbocycles. The third-order valence-corrected chi connectivity index (χ3v) is 5.58. The Labute approximate surface area is 164 Å². The molecule has 1 aromatic heterocycles. The van der Waals surface area contributed by atoms with Gasteiger partial charge in [0.1, 0.15) is 0 Å². The second kappa shape index (κ2) is 7.17. The maximum absolute atomic E-state index is 12.7. The molecule has 3 aromatic rings. The Balaban J connectivity index is 2.10. The number of aryl methyl sites for hydroxylation is 2. The van der Waals surface area contributed by atoms with Gasteiger partial charge in [-0.3, -0.25) is 4.79 Å². The molecule has 4 heteroatoms. The summed E-state index contributed by atoms with van der Waals surface area (Å²) in [7, 11) is 0. The number of benzene rings is 2. The van der Waals surface area contributed by atoms with Gasteiger partial charge in [-0.2, -0.15) is 4.99 Å². The number of rotatable bonds is 2. The lowest BCUT2D eigenvalue weighted by molar-refractivity contribution is 0.0998. The van der Waals surface area contributed by atoms with Crippen molar-refractivity contribution in [2.24, 2.45) is 4.99 Å². The quantitative estimate of drug-likeness (QED) is 0.580. The van der Waals surface area contributed by atoms with Crippen LogP contribution >= 0.6 is 11.3 Å². The zero-order valence-corrected chi connectivity index (χ0v) is 17.3. The van der Waals surface area contributed by atoms with Crippen LogP contribution in [0.15, 0.2) is 41.4 Å². The van der Waals surface area contributed by atoms with Gasteiger partial charge in [0, 0.05) is 5.56 Å². The number of carbonyl (C=O) groups is 1. The summed E-state index contributed by atoms with van der Waals surface area (Å²) >= 11 is 1.50. The monoisotopic (exact) mass is 376 g/mol. The zero-order valence-electron chi connectivity index (χ0n) is 16.5. The smallest absolute Gasteiger partial charge is 0.279 e. The van der Waals surface area contributed by atoms with Gasteiger partial charge in [0.05, 0.1) is 16.8 Å². The molecular formula is C23H24N2OS. The van der Waals surface area contributed by atoms with E-state index < -0.39 is 0 Å². The van der Waals surface area contributed by atoms with E-state index in [1.807, 2.05) is 28.8 Å². The molecule has 1 heterocycles. The molecule has 0 radical (unpaired) electrons. The third kappa shape index (κ3) is 3.89. The van der Waals surface area contributed by atoms with Crippen LogP contribution in [0.4, 0.5) is 0 Å². The Morgan fingerprint density at radius 2 is 1.85 bits per heavy atom. The number of thiazole rings is 1. The van der Waals surface area contributed by atoms with Crippen LogP contribution in [0.5, 0.6) is 0 Å². The van der Waals surface area contributed by atoms with Gasteiger partial charge in [-0.15, -0.1) is 6.42 Å². The topological polar surface area (TPSA) is 34.4 Å². The second-order valence-corrected chi connectivity index (χ2v) is 8.86. The minimum atomic E-state index is -0.248. The van der Waals surface area contributed by atoms with Crippen molar-refractivity contribution in [3.8, 4) is 12.3 Å². The lowest BCUT2D eigenvalue weighted by Crippen LogP contribution is -2.17. The molecule has 0 saturated carbocycles. The minimum absolute atomic E-state index is 0.0510. The van der Waals surface area contributed by atoms with Gasteiger partial charge in [0.15, 0.2) is 4.80 Å². The average Bonchev–Trinajstić information content (AvgIpc) is 2.92. The molecule has 0 unspecified atom stereocenters. The van der Waals surface area contributed by atoms with Crippen LogP contribution < -0.4 is 4.80 Å². The fourth-order valence-electron chi connectivity index (χ4n) is 3.18. The molecular weight excluding hydrogens is 352 g/mol. The van der Waals surface area contributed by atoms with Crippen molar-refractivity contribution < 1.29 is 4.79 Å². The summed E-state index contributed by atoms with van der Waals surface area (Å²) in [6.45, 7) is 11.0. The van der Waals surface area contributed by atoms with Crippen LogP contribution in [-0.4, -0.2) is 10.5 Å². The summed E-state index contributed by atoms with van der Waals surface area (Å²) in [6, 6.07) is 11.9. The highest BCUT2D eigenvalue weighted by atomic mass is 32.1. The Morgan fingerprint density at radius 3 is 2.44 bits per heavy atom. The van der Waals surface area contributed by atoms with Crippen molar-refractivity contribution in [2.45, 2.75) is 46.6 Å². The number of terminal acetylenes is 1. The van der Waals surface area contributed by atoms with Crippen molar-refractivity contribution in [3.63, 3.8) is 0 Å². The average molecular weight is 377 g/mol. The Bertz CT molecular complexity index is 1120. The lowest BCUT2D eigenvalue weighted by Gasteiger charge is -2.18. The summed E-state index contributed by atoms with van der Waals surface area (Å²) in [5.41, 5.74) is 5.20. The van der Waals surface area contributed by atoms with E-state index >= 15 is 0 Å². The predicted molar refractivity (Wildman–Crippen MR) is 113 cm³/mol. The minimum Gasteiger partial charge on any atom is -0.304 e. The van der Waals surface area contributed by atoms with Gasteiger partial charge in [0.25, 0.3) is 5.91 Å². The van der Waals surface area contributed by atoms with Crippen LogP contribution in [0.2, 0.25) is 0 Å². The number of hydrogen-bond acceptors (Lipinski definition) is 2. The van der Waals surface area contributed by atoms with E-state index in [-0.39, 0.29) is 11.3 Å². The third-order valence-electron chi connectivity index (χ3n) is 4.56. The first-order chi connectivity index (χ1) is 12.7. The Kier molecular flexibility index (Phi) is 5.08. The Morgan fingerprint density at radius 1 is 1.19 bits per heavy atom. The largest absolute Gasteiger partial charge is 0.304 e. The first kappa shape index (κ1) is 19.1. The van der Waals surface area contributed by atoms with Crippen molar-refractivity contribution >= 4 is 27.5 Å². The SMILES string of the molecule is C#CCn1c(=NC(=O)c2ccc(C(C)(C)C)cc2)sc2cc(C)cc(C)c21. The van der Waals surface area contributed by atoms with Crippen LogP contribution in [0.1, 0.15) is 47.8 Å². The summed E-state index contributed by atoms with van der Waals surface area (Å²) in [4.78, 5) is 17.8. The molecule has 138 valence electrons. The molecule has 3 rings (SSSR count). The van der Waals surface area contributed by atoms with Crippen molar-refractivity contribution in [1.82, 2.24) is 4.57 Å². The number of aromatic nitrogens is 1. The Hall–Kier alpha value is -2.64. The highest BCUT2D eigenvalue weighted by Crippen LogP contribution is 2.24. The molecule has 0 bridgehead atoms. The maximum atomic E-state index is 12.7. The number of hydrogen-bond donors (Lipinski definition) is 0. The van der Waals surface area contributed by atoms with E-state index in [0.29, 0.717) is 16.9 Å². The first-order valence-corrected chi connectivity index (χ1v) is 9.76. The van der Waals surface area contributed by atoms with Gasteiger partial charge in [-0.1, -0.05) is 56.2 Å². The molecule has 3 nitrogen and oxygen atoms in total. The van der Waals surface area contributed by atoms with Crippen LogP contribution in [0, 0.1) is 26.2 Å². The second-order valence-electron chi connectivity index (χ2n) is 7.85. The van der Waals surface area contributed by atoms with E-state index in [1.54, 1.807) is 0 Å². The molecule has 0 N–H and O–H groups in total. The van der Waals surface area contributed by atoms with Gasteiger partial charge in [0.2, 0.25) is 0 Å². The van der Waals surface area contributed by atoms with E-state index in [2.05, 4.69) is 57.7 Å². The van der Waals surface area contributed by atoms with Crippen LogP contribution in [-0.2, 0) is 12.0 Å². The number of nitrogens with zero attached hydrogens (tertiary/aromatic N) is 2. The standard InChI is InChI=1S/C23H24N2OS/c1-7-12-25-20-16(3)13-15(2)14-19(20)27-22(25)24-21(26)17-8-10-18(11-9-17)23(4,5)6/h1,8-11,13-14H,12H2,2-6H3. The summed E-state index contributed by atoms with van der Waals surface area (Å²) in [6.07, 6.45) is 5.57. The van der Waals surface area contributed by atoms with E-state index in [1.165, 1.54) is 22.5 Å². The highest BCUT2D eigenvalue weighted by Gasteiger charge is 2.15. The normalized spacial score (nSPS) is 12.4. The maximum Gasteiger partial charge on any atom is 0.279 e. The van der Waals surface area contributed by atoms with Crippen molar-refractivity contribution in [1.29, 1.82) is 0 Å². The predicted octanol–water partition coefficient (Wildman–Crippen LogP) is 4.99. The summed E-state index contributed by atoms with van der Waals surface area (Å²) < 4.78 is 3.05. The van der Waals surface area contributed by atoms with E-state index in [9.17, 15) is 4.79 Å². The van der Waals surface area contributed by atoms with Gasteiger partial charge >= 0.3 is 0 Å². The van der Waals surface area contributed by atoms with Crippen molar-refractivity contribution in [3.05, 3.63) is 63.5 Å². The fourth-order valence-corrected chi connectivity index (χ4v) is 4.38. The van der Waals surface area contributed by atoms with E-state index in [4.69, 9.17) is 6.42 Å². The van der Waals surface area contributed by atoms with Crippen LogP contribution in [0.3, 0.4) is 0 Å². The molecule has 0 aliphatic heterocycles. The van der Waals surface area contributed by atoms with Crippen molar-refractivity contribution in [2.75, 3.05) is 0 Å². The molecule has 1 amide bonds. The summed E-state index contributed by atoms with van der Waals surface area (Å²) in [5, 5.41) is 0. The first-order valence-electron chi connectivity index (χ1n) is 8.94. The van der Waals surface area contributed by atoms with Crippen LogP contribution in [0.25, 0.3) is 10.2 Å². The number of fused-ring (bicyclic) bond motifs is 1. The van der Waals surface area contributed by atoms with Gasteiger partial charge in [-0.05, 0) is 54.2 Å². The van der Waals surface area contributed by atoms with Gasteiger partial charge < -0.3 is 4.57 Å².